The predicted octanol–water partition coefficient (Wildman–Crippen LogP) is 3.07. The van der Waals surface area contributed by atoms with Crippen LogP contribution in [0.3, 0.4) is 0 Å². The minimum Gasteiger partial charge on any atom is -0.507 e. The van der Waals surface area contributed by atoms with Crippen LogP contribution in [-0.4, -0.2) is 59.6 Å². The first-order chi connectivity index (χ1) is 15.5. The molecule has 0 bridgehead atoms. The third-order valence-corrected chi connectivity index (χ3v) is 6.24. The molecule has 0 spiro atoms. The maximum Gasteiger partial charge on any atom is 0.295 e. The van der Waals surface area contributed by atoms with Crippen LogP contribution in [0.5, 0.6) is 11.5 Å². The molecule has 0 aromatic heterocycles. The van der Waals surface area contributed by atoms with Crippen molar-refractivity contribution in [1.82, 2.24) is 9.80 Å². The second kappa shape index (κ2) is 8.27. The number of likely N-dealkylation sites (tertiary alicyclic amines) is 2. The topological polar surface area (TPSA) is 79.3 Å². The van der Waals surface area contributed by atoms with Crippen LogP contribution in [0.15, 0.2) is 48.0 Å². The molecule has 2 fully saturated rings. The SMILES string of the molecule is O=C1C(=O)N(CCN2CCCC2)C(c2ccccc2F)/C1=C(\O)c1ccc2c(c1)OCO2. The van der Waals surface area contributed by atoms with Crippen molar-refractivity contribution in [3.05, 3.63) is 65.0 Å². The first-order valence-corrected chi connectivity index (χ1v) is 10.7. The summed E-state index contributed by atoms with van der Waals surface area (Å²) in [6, 6.07) is 9.78. The lowest BCUT2D eigenvalue weighted by molar-refractivity contribution is -0.140. The minimum absolute atomic E-state index is 0.0651. The summed E-state index contributed by atoms with van der Waals surface area (Å²) in [7, 11) is 0. The zero-order valence-electron chi connectivity index (χ0n) is 17.4. The summed E-state index contributed by atoms with van der Waals surface area (Å²) in [5, 5.41) is 11.1. The first-order valence-electron chi connectivity index (χ1n) is 10.7. The lowest BCUT2D eigenvalue weighted by Gasteiger charge is -2.27. The Bertz CT molecular complexity index is 1110. The number of rotatable bonds is 5. The molecule has 8 heteroatoms. The summed E-state index contributed by atoms with van der Waals surface area (Å²) in [5.74, 6) is -1.51. The normalized spacial score (nSPS) is 22.2. The second-order valence-corrected chi connectivity index (χ2v) is 8.13. The molecule has 7 nitrogen and oxygen atoms in total. The number of aliphatic hydroxyl groups is 1. The highest BCUT2D eigenvalue weighted by molar-refractivity contribution is 6.46. The lowest BCUT2D eigenvalue weighted by Crippen LogP contribution is -2.37. The number of fused-ring (bicyclic) bond motifs is 1. The Hall–Kier alpha value is -3.39. The van der Waals surface area contributed by atoms with Gasteiger partial charge in [0.15, 0.2) is 11.5 Å². The highest BCUT2D eigenvalue weighted by Crippen LogP contribution is 2.42. The van der Waals surface area contributed by atoms with E-state index < -0.39 is 23.5 Å². The molecule has 0 radical (unpaired) electrons. The fourth-order valence-electron chi connectivity index (χ4n) is 4.59. The molecule has 1 unspecified atom stereocenters. The monoisotopic (exact) mass is 438 g/mol. The number of amides is 1. The van der Waals surface area contributed by atoms with E-state index >= 15 is 0 Å². The van der Waals surface area contributed by atoms with Gasteiger partial charge < -0.3 is 24.4 Å². The Morgan fingerprint density at radius 3 is 2.56 bits per heavy atom. The van der Waals surface area contributed by atoms with Gasteiger partial charge in [0.2, 0.25) is 6.79 Å². The van der Waals surface area contributed by atoms with Crippen LogP contribution >= 0.6 is 0 Å². The summed E-state index contributed by atoms with van der Waals surface area (Å²) in [6.07, 6.45) is 2.19. The zero-order valence-corrected chi connectivity index (χ0v) is 17.4. The van der Waals surface area contributed by atoms with Gasteiger partial charge in [-0.3, -0.25) is 9.59 Å². The van der Waals surface area contributed by atoms with Crippen LogP contribution in [0, 0.1) is 5.82 Å². The number of aliphatic hydroxyl groups excluding tert-OH is 1. The third kappa shape index (κ3) is 3.50. The Labute approximate surface area is 184 Å². The second-order valence-electron chi connectivity index (χ2n) is 8.13. The van der Waals surface area contributed by atoms with Crippen molar-refractivity contribution in [1.29, 1.82) is 0 Å². The summed E-state index contributed by atoms with van der Waals surface area (Å²) in [6.45, 7) is 2.79. The van der Waals surface area contributed by atoms with Gasteiger partial charge in [-0.05, 0) is 50.2 Å². The van der Waals surface area contributed by atoms with Crippen molar-refractivity contribution in [2.45, 2.75) is 18.9 Å². The van der Waals surface area contributed by atoms with E-state index in [9.17, 15) is 19.1 Å². The van der Waals surface area contributed by atoms with E-state index in [0.717, 1.165) is 25.9 Å². The van der Waals surface area contributed by atoms with Crippen LogP contribution in [0.25, 0.3) is 5.76 Å². The highest BCUT2D eigenvalue weighted by atomic mass is 19.1. The predicted molar refractivity (Wildman–Crippen MR) is 114 cm³/mol. The smallest absolute Gasteiger partial charge is 0.295 e. The molecule has 5 rings (SSSR count). The average molecular weight is 438 g/mol. The van der Waals surface area contributed by atoms with Crippen LogP contribution in [-0.2, 0) is 9.59 Å². The number of carbonyl (C=O) groups is 2. The summed E-state index contributed by atoms with van der Waals surface area (Å²) in [5.41, 5.74) is 0.351. The van der Waals surface area contributed by atoms with Crippen molar-refractivity contribution < 1.29 is 28.6 Å². The number of ketones is 1. The fraction of sp³-hybridized carbons (Fsp3) is 0.333. The van der Waals surface area contributed by atoms with E-state index in [1.165, 1.54) is 11.0 Å². The zero-order chi connectivity index (χ0) is 22.2. The van der Waals surface area contributed by atoms with Crippen molar-refractivity contribution in [2.24, 2.45) is 0 Å². The molecule has 2 aromatic rings. The number of ether oxygens (including phenoxy) is 2. The molecule has 2 saturated heterocycles. The van der Waals surface area contributed by atoms with Crippen LogP contribution in [0.1, 0.15) is 30.0 Å². The van der Waals surface area contributed by atoms with Crippen LogP contribution in [0.2, 0.25) is 0 Å². The van der Waals surface area contributed by atoms with E-state index in [2.05, 4.69) is 4.90 Å². The number of hydrogen-bond acceptors (Lipinski definition) is 6. The Balaban J connectivity index is 1.57. The van der Waals surface area contributed by atoms with Crippen molar-refractivity contribution in [2.75, 3.05) is 33.0 Å². The van der Waals surface area contributed by atoms with Gasteiger partial charge in [-0.25, -0.2) is 4.39 Å². The van der Waals surface area contributed by atoms with Crippen molar-refractivity contribution >= 4 is 17.4 Å². The maximum atomic E-state index is 14.8. The molecular formula is C24H23FN2O5. The summed E-state index contributed by atoms with van der Waals surface area (Å²) >= 11 is 0. The molecule has 1 atom stereocenters. The highest BCUT2D eigenvalue weighted by Gasteiger charge is 2.47. The van der Waals surface area contributed by atoms with Gasteiger partial charge in [-0.1, -0.05) is 18.2 Å². The Morgan fingerprint density at radius 2 is 1.78 bits per heavy atom. The lowest BCUT2D eigenvalue weighted by atomic mass is 9.95. The van der Waals surface area contributed by atoms with Crippen molar-refractivity contribution in [3.63, 3.8) is 0 Å². The van der Waals surface area contributed by atoms with Crippen LogP contribution in [0.4, 0.5) is 4.39 Å². The number of benzene rings is 2. The number of Topliss-reactive ketones (excluding diaryl/α,β-unsaturated/α-hetero) is 1. The molecule has 1 N–H and O–H groups in total. The molecule has 3 aliphatic heterocycles. The van der Waals surface area contributed by atoms with Gasteiger partial charge >= 0.3 is 0 Å². The van der Waals surface area contributed by atoms with Crippen molar-refractivity contribution in [3.8, 4) is 11.5 Å². The van der Waals surface area contributed by atoms with Crippen LogP contribution < -0.4 is 9.47 Å². The van der Waals surface area contributed by atoms with E-state index in [1.807, 2.05) is 0 Å². The van der Waals surface area contributed by atoms with Gasteiger partial charge in [0.05, 0.1) is 11.6 Å². The molecule has 32 heavy (non-hydrogen) atoms. The van der Waals surface area contributed by atoms with Gasteiger partial charge in [0, 0.05) is 24.2 Å². The van der Waals surface area contributed by atoms with Gasteiger partial charge in [-0.2, -0.15) is 0 Å². The molecular weight excluding hydrogens is 415 g/mol. The molecule has 166 valence electrons. The molecule has 3 aliphatic rings. The van der Waals surface area contributed by atoms with E-state index in [1.54, 1.807) is 36.4 Å². The minimum atomic E-state index is -1.01. The third-order valence-electron chi connectivity index (χ3n) is 6.24. The number of hydrogen-bond donors (Lipinski definition) is 1. The van der Waals surface area contributed by atoms with Gasteiger partial charge in [0.1, 0.15) is 11.6 Å². The van der Waals surface area contributed by atoms with E-state index in [4.69, 9.17) is 9.47 Å². The standard InChI is InChI=1S/C24H23FN2O5/c25-17-6-2-1-5-16(17)21-20(22(28)15-7-8-18-19(13-15)32-14-31-18)23(29)24(30)27(21)12-11-26-9-3-4-10-26/h1-2,5-8,13,21,28H,3-4,9-12,14H2/b22-20+. The first kappa shape index (κ1) is 20.5. The van der Waals surface area contributed by atoms with Gasteiger partial charge in [0.25, 0.3) is 11.7 Å². The van der Waals surface area contributed by atoms with E-state index in [0.29, 0.717) is 23.6 Å². The number of nitrogens with zero attached hydrogens (tertiary/aromatic N) is 2. The molecule has 2 aromatic carbocycles. The maximum absolute atomic E-state index is 14.8. The summed E-state index contributed by atoms with van der Waals surface area (Å²) < 4.78 is 25.5. The number of carbonyl (C=O) groups excluding carboxylic acids is 2. The van der Waals surface area contributed by atoms with Gasteiger partial charge in [-0.15, -0.1) is 0 Å². The molecule has 0 aliphatic carbocycles. The number of halogens is 1. The average Bonchev–Trinajstić information content (AvgIpc) is 3.53. The largest absolute Gasteiger partial charge is 0.507 e. The van der Waals surface area contributed by atoms with E-state index in [-0.39, 0.29) is 30.2 Å². The Kier molecular flexibility index (Phi) is 5.30. The molecule has 1 amide bonds. The molecule has 0 saturated carbocycles. The molecule has 3 heterocycles. The fourth-order valence-corrected chi connectivity index (χ4v) is 4.59. The summed E-state index contributed by atoms with van der Waals surface area (Å²) in [4.78, 5) is 29.6. The quantitative estimate of drug-likeness (QED) is 0.439. The Morgan fingerprint density at radius 1 is 1.03 bits per heavy atom.